The second-order valence-corrected chi connectivity index (χ2v) is 8.04. The average Bonchev–Trinajstić information content (AvgIpc) is 3.05. The summed E-state index contributed by atoms with van der Waals surface area (Å²) in [5.74, 6) is -1.98. The standard InChI is InChI=1S/C26H26F2N2/c1-4-19-13-14-24-23(15-19)29-25(16-20-11-9-18(2)10-12-20)30(24)17-21-7-5-6-8-22(21)26(3,27)28/h4,7-15H,1,5-6,16-17H2,2-3H3. The van der Waals surface area contributed by atoms with Crippen LogP contribution in [0.3, 0.4) is 0 Å². The van der Waals surface area contributed by atoms with Crippen LogP contribution in [0, 0.1) is 6.92 Å². The first-order chi connectivity index (χ1) is 14.3. The zero-order valence-corrected chi connectivity index (χ0v) is 17.5. The maximum Gasteiger partial charge on any atom is 0.270 e. The molecule has 0 radical (unpaired) electrons. The Hall–Kier alpha value is -3.01. The van der Waals surface area contributed by atoms with Gasteiger partial charge in [0.1, 0.15) is 5.82 Å². The van der Waals surface area contributed by atoms with E-state index in [1.807, 2.05) is 24.3 Å². The van der Waals surface area contributed by atoms with Crippen LogP contribution in [0.4, 0.5) is 8.78 Å². The number of rotatable bonds is 6. The monoisotopic (exact) mass is 404 g/mol. The van der Waals surface area contributed by atoms with Gasteiger partial charge in [0.15, 0.2) is 0 Å². The number of alkyl halides is 2. The largest absolute Gasteiger partial charge is 0.323 e. The van der Waals surface area contributed by atoms with E-state index in [-0.39, 0.29) is 5.57 Å². The molecule has 2 nitrogen and oxygen atoms in total. The Labute approximate surface area is 176 Å². The fourth-order valence-corrected chi connectivity index (χ4v) is 4.03. The van der Waals surface area contributed by atoms with E-state index in [2.05, 4.69) is 42.3 Å². The molecular weight excluding hydrogens is 378 g/mol. The first kappa shape index (κ1) is 20.3. The molecule has 0 saturated heterocycles. The Balaban J connectivity index is 1.78. The summed E-state index contributed by atoms with van der Waals surface area (Å²) in [7, 11) is 0. The third-order valence-electron chi connectivity index (χ3n) is 5.62. The Morgan fingerprint density at radius 1 is 1.10 bits per heavy atom. The molecule has 0 N–H and O–H groups in total. The normalized spacial score (nSPS) is 14.5. The summed E-state index contributed by atoms with van der Waals surface area (Å²) < 4.78 is 30.6. The molecule has 3 aromatic rings. The van der Waals surface area contributed by atoms with Gasteiger partial charge in [-0.3, -0.25) is 0 Å². The fourth-order valence-electron chi connectivity index (χ4n) is 4.03. The van der Waals surface area contributed by atoms with Crippen molar-refractivity contribution < 1.29 is 8.78 Å². The lowest BCUT2D eigenvalue weighted by atomic mass is 9.93. The highest BCUT2D eigenvalue weighted by Gasteiger charge is 2.31. The van der Waals surface area contributed by atoms with E-state index in [0.717, 1.165) is 41.3 Å². The van der Waals surface area contributed by atoms with Gasteiger partial charge in [-0.2, -0.15) is 0 Å². The fraction of sp³-hybridized carbons (Fsp3) is 0.269. The second kappa shape index (κ2) is 8.02. The van der Waals surface area contributed by atoms with Crippen LogP contribution in [0.5, 0.6) is 0 Å². The summed E-state index contributed by atoms with van der Waals surface area (Å²) in [6.07, 6.45) is 7.52. The van der Waals surface area contributed by atoms with Gasteiger partial charge in [0.25, 0.3) is 5.92 Å². The molecule has 0 aliphatic heterocycles. The van der Waals surface area contributed by atoms with E-state index < -0.39 is 5.92 Å². The van der Waals surface area contributed by atoms with Crippen molar-refractivity contribution >= 4 is 17.1 Å². The molecular formula is C26H26F2N2. The van der Waals surface area contributed by atoms with Gasteiger partial charge in [0, 0.05) is 25.5 Å². The van der Waals surface area contributed by atoms with Crippen LogP contribution in [0.1, 0.15) is 42.3 Å². The molecule has 2 aromatic carbocycles. The van der Waals surface area contributed by atoms with E-state index >= 15 is 0 Å². The van der Waals surface area contributed by atoms with Crippen molar-refractivity contribution in [2.24, 2.45) is 0 Å². The maximum atomic E-state index is 14.2. The summed E-state index contributed by atoms with van der Waals surface area (Å²) in [6.45, 7) is 7.27. The Morgan fingerprint density at radius 3 is 2.53 bits per heavy atom. The van der Waals surface area contributed by atoms with Crippen molar-refractivity contribution in [2.75, 3.05) is 0 Å². The number of aromatic nitrogens is 2. The minimum Gasteiger partial charge on any atom is -0.323 e. The molecule has 1 heterocycles. The minimum atomic E-state index is -2.85. The van der Waals surface area contributed by atoms with Crippen LogP contribution in [0.15, 0.2) is 72.3 Å². The van der Waals surface area contributed by atoms with E-state index in [9.17, 15) is 8.78 Å². The molecule has 0 bridgehead atoms. The number of allylic oxidation sites excluding steroid dienone is 4. The number of halogens is 2. The molecule has 30 heavy (non-hydrogen) atoms. The van der Waals surface area contributed by atoms with Gasteiger partial charge in [0.2, 0.25) is 0 Å². The number of nitrogens with zero attached hydrogens (tertiary/aromatic N) is 2. The third-order valence-corrected chi connectivity index (χ3v) is 5.62. The van der Waals surface area contributed by atoms with Crippen molar-refractivity contribution in [1.29, 1.82) is 0 Å². The van der Waals surface area contributed by atoms with Gasteiger partial charge in [0.05, 0.1) is 11.0 Å². The highest BCUT2D eigenvalue weighted by Crippen LogP contribution is 2.34. The first-order valence-electron chi connectivity index (χ1n) is 10.3. The Morgan fingerprint density at radius 2 is 1.83 bits per heavy atom. The molecule has 0 fully saturated rings. The van der Waals surface area contributed by atoms with Crippen molar-refractivity contribution in [2.45, 2.75) is 45.6 Å². The van der Waals surface area contributed by atoms with E-state index in [1.54, 1.807) is 12.2 Å². The lowest BCUT2D eigenvalue weighted by Gasteiger charge is -2.23. The van der Waals surface area contributed by atoms with Crippen molar-refractivity contribution in [3.05, 3.63) is 94.9 Å². The quantitative estimate of drug-likeness (QED) is 0.438. The van der Waals surface area contributed by atoms with Gasteiger partial charge in [-0.05, 0) is 48.6 Å². The highest BCUT2D eigenvalue weighted by molar-refractivity contribution is 5.79. The smallest absolute Gasteiger partial charge is 0.270 e. The number of hydrogen-bond donors (Lipinski definition) is 0. The summed E-state index contributed by atoms with van der Waals surface area (Å²) in [5, 5.41) is 0. The summed E-state index contributed by atoms with van der Waals surface area (Å²) >= 11 is 0. The average molecular weight is 405 g/mol. The van der Waals surface area contributed by atoms with Gasteiger partial charge < -0.3 is 4.57 Å². The van der Waals surface area contributed by atoms with Crippen LogP contribution in [-0.2, 0) is 13.0 Å². The minimum absolute atomic E-state index is 0.139. The predicted molar refractivity (Wildman–Crippen MR) is 120 cm³/mol. The van der Waals surface area contributed by atoms with Crippen molar-refractivity contribution in [1.82, 2.24) is 9.55 Å². The maximum absolute atomic E-state index is 14.2. The van der Waals surface area contributed by atoms with Crippen LogP contribution in [-0.4, -0.2) is 15.5 Å². The van der Waals surface area contributed by atoms with Gasteiger partial charge in [-0.25, -0.2) is 13.8 Å². The zero-order chi connectivity index (χ0) is 21.3. The molecule has 0 saturated carbocycles. The summed E-state index contributed by atoms with van der Waals surface area (Å²) in [4.78, 5) is 4.87. The molecule has 4 rings (SSSR count). The molecule has 0 atom stereocenters. The van der Waals surface area contributed by atoms with Gasteiger partial charge >= 0.3 is 0 Å². The van der Waals surface area contributed by atoms with Crippen LogP contribution >= 0.6 is 0 Å². The number of benzene rings is 2. The zero-order valence-electron chi connectivity index (χ0n) is 17.5. The number of aryl methyl sites for hydroxylation is 1. The van der Waals surface area contributed by atoms with Crippen LogP contribution in [0.2, 0.25) is 0 Å². The summed E-state index contributed by atoms with van der Waals surface area (Å²) in [6, 6.07) is 14.4. The number of hydrogen-bond acceptors (Lipinski definition) is 1. The van der Waals surface area contributed by atoms with E-state index in [4.69, 9.17) is 4.98 Å². The van der Waals surface area contributed by atoms with Crippen LogP contribution in [0.25, 0.3) is 17.1 Å². The van der Waals surface area contributed by atoms with E-state index in [1.165, 1.54) is 5.56 Å². The van der Waals surface area contributed by atoms with Gasteiger partial charge in [-0.1, -0.05) is 60.7 Å². The molecule has 0 amide bonds. The van der Waals surface area contributed by atoms with Crippen molar-refractivity contribution in [3.8, 4) is 0 Å². The second-order valence-electron chi connectivity index (χ2n) is 8.04. The molecule has 1 aliphatic rings. The van der Waals surface area contributed by atoms with Crippen molar-refractivity contribution in [3.63, 3.8) is 0 Å². The lowest BCUT2D eigenvalue weighted by molar-refractivity contribution is 0.0646. The number of fused-ring (bicyclic) bond motifs is 1. The molecule has 154 valence electrons. The topological polar surface area (TPSA) is 17.8 Å². The Bertz CT molecular complexity index is 1140. The van der Waals surface area contributed by atoms with Gasteiger partial charge in [-0.15, -0.1) is 0 Å². The van der Waals surface area contributed by atoms with Crippen LogP contribution < -0.4 is 0 Å². The molecule has 1 aromatic heterocycles. The highest BCUT2D eigenvalue weighted by atomic mass is 19.3. The Kier molecular flexibility index (Phi) is 5.42. The lowest BCUT2D eigenvalue weighted by Crippen LogP contribution is -2.20. The molecule has 0 spiro atoms. The summed E-state index contributed by atoms with van der Waals surface area (Å²) in [5.41, 5.74) is 5.98. The SMILES string of the molecule is C=Cc1ccc2c(c1)nc(Cc1ccc(C)cc1)n2CC1=CCCC=C1C(C)(F)F. The molecule has 0 unspecified atom stereocenters. The molecule has 1 aliphatic carbocycles. The number of imidazole rings is 1. The first-order valence-corrected chi connectivity index (χ1v) is 10.3. The third kappa shape index (κ3) is 4.13. The van der Waals surface area contributed by atoms with E-state index in [0.29, 0.717) is 25.0 Å². The molecule has 4 heteroatoms. The predicted octanol–water partition coefficient (Wildman–Crippen LogP) is 6.88.